The third-order valence-corrected chi connectivity index (χ3v) is 4.91. The van der Waals surface area contributed by atoms with E-state index in [0.29, 0.717) is 13.0 Å². The van der Waals surface area contributed by atoms with Gasteiger partial charge in [0.05, 0.1) is 0 Å². The number of nitrogens with one attached hydrogen (secondary N) is 1. The maximum atomic E-state index is 12.3. The molecule has 2 amide bonds. The highest BCUT2D eigenvalue weighted by atomic mass is 35.5. The lowest BCUT2D eigenvalue weighted by atomic mass is 9.91. The molecular formula is C13H20Cl2N2O2. The normalized spacial score (nSPS) is 31.9. The summed E-state index contributed by atoms with van der Waals surface area (Å²) in [5, 5.41) is 2.60. The molecule has 1 saturated heterocycles. The van der Waals surface area contributed by atoms with Crippen LogP contribution in [-0.2, 0) is 9.59 Å². The zero-order valence-corrected chi connectivity index (χ0v) is 13.2. The molecule has 3 atom stereocenters. The molecule has 6 heteroatoms. The molecule has 0 aromatic heterocycles. The van der Waals surface area contributed by atoms with Crippen LogP contribution in [0, 0.1) is 17.3 Å². The molecule has 1 heterocycles. The molecule has 2 aliphatic rings. The minimum Gasteiger partial charge on any atom is -0.357 e. The molecule has 0 bridgehead atoms. The minimum absolute atomic E-state index is 0.00238. The van der Waals surface area contributed by atoms with E-state index < -0.39 is 10.4 Å². The van der Waals surface area contributed by atoms with Gasteiger partial charge in [0.25, 0.3) is 0 Å². The Morgan fingerprint density at radius 3 is 2.42 bits per heavy atom. The largest absolute Gasteiger partial charge is 0.357 e. The second-order valence-corrected chi connectivity index (χ2v) is 8.09. The van der Waals surface area contributed by atoms with Crippen molar-refractivity contribution in [3.63, 3.8) is 0 Å². The summed E-state index contributed by atoms with van der Waals surface area (Å²) in [4.78, 5) is 26.0. The Labute approximate surface area is 123 Å². The highest BCUT2D eigenvalue weighted by Gasteiger charge is 2.73. The Bertz CT molecular complexity index is 417. The van der Waals surface area contributed by atoms with Crippen LogP contribution in [0.3, 0.4) is 0 Å². The van der Waals surface area contributed by atoms with Crippen LogP contribution in [-0.4, -0.2) is 40.7 Å². The summed E-state index contributed by atoms with van der Waals surface area (Å²) in [6.07, 6.45) is 0.414. The summed E-state index contributed by atoms with van der Waals surface area (Å²) >= 11 is 12.3. The number of rotatable bonds is 2. The second kappa shape index (κ2) is 4.52. The van der Waals surface area contributed by atoms with Crippen LogP contribution in [0.15, 0.2) is 0 Å². The fourth-order valence-electron chi connectivity index (χ4n) is 2.87. The number of likely N-dealkylation sites (tertiary alicyclic amines) is 1. The van der Waals surface area contributed by atoms with Crippen molar-refractivity contribution in [3.8, 4) is 0 Å². The van der Waals surface area contributed by atoms with E-state index in [0.717, 1.165) is 0 Å². The topological polar surface area (TPSA) is 49.4 Å². The molecule has 1 aliphatic carbocycles. The first-order valence-corrected chi connectivity index (χ1v) is 7.24. The van der Waals surface area contributed by atoms with E-state index in [9.17, 15) is 9.59 Å². The molecule has 1 aliphatic heterocycles. The van der Waals surface area contributed by atoms with Gasteiger partial charge >= 0.3 is 0 Å². The standard InChI is InChI=1S/C13H20Cl2N2O2/c1-12(2,3)5-8(18)17-6-7-9(13(7,14)15)10(17)11(19)16-4/h7,9-10H,5-6H2,1-4H3,(H,16,19)/t7-,9-,10-/m0/s1. The van der Waals surface area contributed by atoms with Crippen molar-refractivity contribution in [3.05, 3.63) is 0 Å². The zero-order chi connectivity index (χ0) is 14.6. The maximum Gasteiger partial charge on any atom is 0.242 e. The number of carbonyl (C=O) groups is 2. The number of nitrogens with zero attached hydrogens (tertiary/aromatic N) is 1. The molecule has 4 nitrogen and oxygen atoms in total. The zero-order valence-electron chi connectivity index (χ0n) is 11.7. The van der Waals surface area contributed by atoms with E-state index in [1.54, 1.807) is 11.9 Å². The quantitative estimate of drug-likeness (QED) is 0.791. The van der Waals surface area contributed by atoms with Crippen molar-refractivity contribution >= 4 is 35.0 Å². The molecule has 2 rings (SSSR count). The molecule has 0 unspecified atom stereocenters. The van der Waals surface area contributed by atoms with Crippen molar-refractivity contribution < 1.29 is 9.59 Å². The molecule has 108 valence electrons. The van der Waals surface area contributed by atoms with E-state index >= 15 is 0 Å². The lowest BCUT2D eigenvalue weighted by molar-refractivity contribution is -0.140. The number of piperidine rings is 1. The number of halogens is 2. The number of hydrogen-bond donors (Lipinski definition) is 1. The molecular weight excluding hydrogens is 287 g/mol. The molecule has 0 radical (unpaired) electrons. The molecule has 0 aromatic carbocycles. The van der Waals surface area contributed by atoms with Gasteiger partial charge in [-0.3, -0.25) is 9.59 Å². The number of hydrogen-bond acceptors (Lipinski definition) is 2. The predicted molar refractivity (Wildman–Crippen MR) is 75.1 cm³/mol. The van der Waals surface area contributed by atoms with Gasteiger partial charge in [-0.2, -0.15) is 0 Å². The van der Waals surface area contributed by atoms with E-state index in [1.165, 1.54) is 0 Å². The second-order valence-electron chi connectivity index (χ2n) is 6.65. The Kier molecular flexibility index (Phi) is 3.55. The highest BCUT2D eigenvalue weighted by molar-refractivity contribution is 6.51. The average Bonchev–Trinajstić information content (AvgIpc) is 2.65. The smallest absolute Gasteiger partial charge is 0.242 e. The van der Waals surface area contributed by atoms with Gasteiger partial charge in [0, 0.05) is 31.8 Å². The number of fused-ring (bicyclic) bond motifs is 1. The van der Waals surface area contributed by atoms with E-state index in [1.807, 2.05) is 20.8 Å². The van der Waals surface area contributed by atoms with E-state index in [-0.39, 0.29) is 29.1 Å². The first-order valence-electron chi connectivity index (χ1n) is 6.48. The van der Waals surface area contributed by atoms with Crippen LogP contribution in [0.5, 0.6) is 0 Å². The Morgan fingerprint density at radius 1 is 1.37 bits per heavy atom. The first kappa shape index (κ1) is 14.9. The predicted octanol–water partition coefficient (Wildman–Crippen LogP) is 1.80. The fourth-order valence-corrected chi connectivity index (χ4v) is 3.69. The van der Waals surface area contributed by atoms with Crippen LogP contribution in [0.1, 0.15) is 27.2 Å². The van der Waals surface area contributed by atoms with Gasteiger partial charge in [-0.25, -0.2) is 0 Å². The molecule has 0 aromatic rings. The lowest BCUT2D eigenvalue weighted by Crippen LogP contribution is -2.49. The Hall–Kier alpha value is -0.480. The summed E-state index contributed by atoms with van der Waals surface area (Å²) in [6.45, 7) is 6.49. The van der Waals surface area contributed by atoms with Crippen LogP contribution in [0.4, 0.5) is 0 Å². The first-order chi connectivity index (χ1) is 8.59. The number of carbonyl (C=O) groups excluding carboxylic acids is 2. The van der Waals surface area contributed by atoms with Crippen molar-refractivity contribution in [2.24, 2.45) is 17.3 Å². The van der Waals surface area contributed by atoms with E-state index in [4.69, 9.17) is 23.2 Å². The fraction of sp³-hybridized carbons (Fsp3) is 0.846. The van der Waals surface area contributed by atoms with Gasteiger partial charge in [-0.15, -0.1) is 23.2 Å². The summed E-state index contributed by atoms with van der Waals surface area (Å²) in [7, 11) is 1.56. The van der Waals surface area contributed by atoms with Crippen molar-refractivity contribution in [1.29, 1.82) is 0 Å². The van der Waals surface area contributed by atoms with Gasteiger partial charge < -0.3 is 10.2 Å². The van der Waals surface area contributed by atoms with Gasteiger partial charge in [-0.1, -0.05) is 20.8 Å². The highest BCUT2D eigenvalue weighted by Crippen LogP contribution is 2.65. The number of alkyl halides is 2. The molecule has 0 spiro atoms. The summed E-state index contributed by atoms with van der Waals surface area (Å²) < 4.78 is -0.851. The van der Waals surface area contributed by atoms with Crippen LogP contribution in [0.25, 0.3) is 0 Å². The van der Waals surface area contributed by atoms with Gasteiger partial charge in [0.15, 0.2) is 0 Å². The van der Waals surface area contributed by atoms with Crippen molar-refractivity contribution in [2.75, 3.05) is 13.6 Å². The third-order valence-electron chi connectivity index (χ3n) is 3.85. The monoisotopic (exact) mass is 306 g/mol. The summed E-state index contributed by atoms with van der Waals surface area (Å²) in [5.74, 6) is -0.308. The van der Waals surface area contributed by atoms with Crippen LogP contribution >= 0.6 is 23.2 Å². The van der Waals surface area contributed by atoms with Crippen LogP contribution < -0.4 is 5.32 Å². The Morgan fingerprint density at radius 2 is 1.95 bits per heavy atom. The van der Waals surface area contributed by atoms with Crippen LogP contribution in [0.2, 0.25) is 0 Å². The Balaban J connectivity index is 2.14. The number of amides is 2. The van der Waals surface area contributed by atoms with Crippen molar-refractivity contribution in [2.45, 2.75) is 37.6 Å². The maximum absolute atomic E-state index is 12.3. The van der Waals surface area contributed by atoms with Crippen molar-refractivity contribution in [1.82, 2.24) is 10.2 Å². The van der Waals surface area contributed by atoms with E-state index in [2.05, 4.69) is 5.32 Å². The molecule has 1 saturated carbocycles. The average molecular weight is 307 g/mol. The molecule has 1 N–H and O–H groups in total. The van der Waals surface area contributed by atoms with Gasteiger partial charge in [0.2, 0.25) is 11.8 Å². The number of likely N-dealkylation sites (N-methyl/N-ethyl adjacent to an activating group) is 1. The van der Waals surface area contributed by atoms with Gasteiger partial charge in [-0.05, 0) is 5.41 Å². The molecule has 19 heavy (non-hydrogen) atoms. The van der Waals surface area contributed by atoms with Gasteiger partial charge in [0.1, 0.15) is 10.4 Å². The lowest BCUT2D eigenvalue weighted by Gasteiger charge is -2.30. The SMILES string of the molecule is CNC(=O)[C@@H]1[C@@H]2[C@H](CN1C(=O)CC(C)(C)C)C2(Cl)Cl. The summed E-state index contributed by atoms with van der Waals surface area (Å²) in [5.41, 5.74) is -0.101. The third kappa shape index (κ3) is 2.57. The summed E-state index contributed by atoms with van der Waals surface area (Å²) in [6, 6.07) is -0.528. The molecule has 2 fully saturated rings. The minimum atomic E-state index is -0.851.